The van der Waals surface area contributed by atoms with Crippen molar-refractivity contribution in [2.24, 2.45) is 5.73 Å². The molecule has 17 heavy (non-hydrogen) atoms. The molecule has 2 rings (SSSR count). The van der Waals surface area contributed by atoms with E-state index < -0.39 is 0 Å². The molecule has 1 aromatic carbocycles. The van der Waals surface area contributed by atoms with Crippen LogP contribution in [0.4, 0.5) is 5.69 Å². The Balaban J connectivity index is 2.50. The van der Waals surface area contributed by atoms with Gasteiger partial charge in [-0.3, -0.25) is 9.59 Å². The summed E-state index contributed by atoms with van der Waals surface area (Å²) in [5.41, 5.74) is 7.99. The van der Waals surface area contributed by atoms with Crippen LogP contribution in [-0.2, 0) is 16.1 Å². The molecule has 0 bridgehead atoms. The SMILES string of the molecule is CC1=C(C)C(=O)N(c2ccccc2CN)C1=O. The van der Waals surface area contributed by atoms with Crippen molar-refractivity contribution in [1.82, 2.24) is 0 Å². The third kappa shape index (κ3) is 1.66. The summed E-state index contributed by atoms with van der Waals surface area (Å²) in [6, 6.07) is 7.19. The predicted octanol–water partition coefficient (Wildman–Crippen LogP) is 1.35. The molecule has 1 heterocycles. The fourth-order valence-electron chi connectivity index (χ4n) is 1.87. The summed E-state index contributed by atoms with van der Waals surface area (Å²) < 4.78 is 0. The lowest BCUT2D eigenvalue weighted by Gasteiger charge is -2.18. The first-order valence-corrected chi connectivity index (χ1v) is 5.42. The molecule has 1 aromatic rings. The quantitative estimate of drug-likeness (QED) is 0.780. The van der Waals surface area contributed by atoms with Crippen molar-refractivity contribution in [3.05, 3.63) is 41.0 Å². The van der Waals surface area contributed by atoms with E-state index >= 15 is 0 Å². The van der Waals surface area contributed by atoms with Crippen LogP contribution in [-0.4, -0.2) is 11.8 Å². The molecule has 0 spiro atoms. The van der Waals surface area contributed by atoms with Crippen LogP contribution in [0.1, 0.15) is 19.4 Å². The van der Waals surface area contributed by atoms with E-state index in [2.05, 4.69) is 0 Å². The van der Waals surface area contributed by atoms with Crippen LogP contribution in [0.5, 0.6) is 0 Å². The third-order valence-electron chi connectivity index (χ3n) is 3.06. The Labute approximate surface area is 99.7 Å². The van der Waals surface area contributed by atoms with Crippen molar-refractivity contribution in [3.63, 3.8) is 0 Å². The van der Waals surface area contributed by atoms with Crippen LogP contribution < -0.4 is 10.6 Å². The Morgan fingerprint density at radius 2 is 1.59 bits per heavy atom. The molecule has 4 heteroatoms. The van der Waals surface area contributed by atoms with E-state index in [-0.39, 0.29) is 11.8 Å². The van der Waals surface area contributed by atoms with E-state index in [1.165, 1.54) is 4.90 Å². The molecule has 2 N–H and O–H groups in total. The largest absolute Gasteiger partial charge is 0.326 e. The van der Waals surface area contributed by atoms with Crippen molar-refractivity contribution >= 4 is 17.5 Å². The minimum atomic E-state index is -0.256. The van der Waals surface area contributed by atoms with Gasteiger partial charge in [0.15, 0.2) is 0 Å². The second-order valence-electron chi connectivity index (χ2n) is 4.03. The van der Waals surface area contributed by atoms with Crippen molar-refractivity contribution in [2.45, 2.75) is 20.4 Å². The van der Waals surface area contributed by atoms with E-state index in [4.69, 9.17) is 5.73 Å². The monoisotopic (exact) mass is 230 g/mol. The predicted molar refractivity (Wildman–Crippen MR) is 65.2 cm³/mol. The minimum Gasteiger partial charge on any atom is -0.326 e. The molecule has 4 nitrogen and oxygen atoms in total. The van der Waals surface area contributed by atoms with Crippen molar-refractivity contribution in [2.75, 3.05) is 4.90 Å². The van der Waals surface area contributed by atoms with Crippen molar-refractivity contribution in [3.8, 4) is 0 Å². The number of para-hydroxylation sites is 1. The molecule has 2 amide bonds. The molecular formula is C13H14N2O2. The number of benzene rings is 1. The van der Waals surface area contributed by atoms with E-state index in [1.54, 1.807) is 26.0 Å². The molecule has 1 aliphatic rings. The maximum atomic E-state index is 12.0. The summed E-state index contributed by atoms with van der Waals surface area (Å²) in [6.07, 6.45) is 0. The number of nitrogens with two attached hydrogens (primary N) is 1. The van der Waals surface area contributed by atoms with Gasteiger partial charge in [0.2, 0.25) is 0 Å². The van der Waals surface area contributed by atoms with Gasteiger partial charge in [0, 0.05) is 17.7 Å². The Morgan fingerprint density at radius 3 is 2.12 bits per heavy atom. The van der Waals surface area contributed by atoms with Gasteiger partial charge < -0.3 is 5.73 Å². The van der Waals surface area contributed by atoms with Crippen molar-refractivity contribution in [1.29, 1.82) is 0 Å². The number of carbonyl (C=O) groups is 2. The van der Waals surface area contributed by atoms with Crippen LogP contribution in [0.15, 0.2) is 35.4 Å². The van der Waals surface area contributed by atoms with Gasteiger partial charge in [-0.05, 0) is 25.5 Å². The molecule has 1 aliphatic heterocycles. The van der Waals surface area contributed by atoms with Gasteiger partial charge in [-0.2, -0.15) is 0 Å². The zero-order valence-electron chi connectivity index (χ0n) is 9.86. The van der Waals surface area contributed by atoms with Gasteiger partial charge in [0.05, 0.1) is 5.69 Å². The van der Waals surface area contributed by atoms with Gasteiger partial charge in [0.1, 0.15) is 0 Å². The average Bonchev–Trinajstić information content (AvgIpc) is 2.54. The molecule has 0 radical (unpaired) electrons. The maximum absolute atomic E-state index is 12.0. The number of nitrogens with zero attached hydrogens (tertiary/aromatic N) is 1. The average molecular weight is 230 g/mol. The van der Waals surface area contributed by atoms with Crippen LogP contribution >= 0.6 is 0 Å². The third-order valence-corrected chi connectivity index (χ3v) is 3.06. The van der Waals surface area contributed by atoms with Crippen LogP contribution in [0.3, 0.4) is 0 Å². The molecule has 0 aliphatic carbocycles. The summed E-state index contributed by atoms with van der Waals surface area (Å²) >= 11 is 0. The second kappa shape index (κ2) is 4.14. The summed E-state index contributed by atoms with van der Waals surface area (Å²) in [6.45, 7) is 3.63. The lowest BCUT2D eigenvalue weighted by atomic mass is 10.1. The van der Waals surface area contributed by atoms with Gasteiger partial charge in [0.25, 0.3) is 11.8 Å². The number of amides is 2. The van der Waals surface area contributed by atoms with E-state index in [9.17, 15) is 9.59 Å². The zero-order valence-corrected chi connectivity index (χ0v) is 9.86. The molecule has 0 unspecified atom stereocenters. The lowest BCUT2D eigenvalue weighted by molar-refractivity contribution is -0.120. The number of rotatable bonds is 2. The van der Waals surface area contributed by atoms with Gasteiger partial charge in [-0.15, -0.1) is 0 Å². The molecule has 0 saturated heterocycles. The van der Waals surface area contributed by atoms with Crippen molar-refractivity contribution < 1.29 is 9.59 Å². The Bertz CT molecular complexity index is 508. The number of imide groups is 1. The number of anilines is 1. The van der Waals surface area contributed by atoms with Crippen LogP contribution in [0.2, 0.25) is 0 Å². The second-order valence-corrected chi connectivity index (χ2v) is 4.03. The number of hydrogen-bond donors (Lipinski definition) is 1. The fourth-order valence-corrected chi connectivity index (χ4v) is 1.87. The first-order valence-electron chi connectivity index (χ1n) is 5.42. The molecule has 0 atom stereocenters. The summed E-state index contributed by atoms with van der Waals surface area (Å²) in [7, 11) is 0. The lowest BCUT2D eigenvalue weighted by Crippen LogP contribution is -2.32. The van der Waals surface area contributed by atoms with Gasteiger partial charge in [-0.1, -0.05) is 18.2 Å². The highest BCUT2D eigenvalue weighted by atomic mass is 16.2. The van der Waals surface area contributed by atoms with E-state index in [0.717, 1.165) is 5.56 Å². The Hall–Kier alpha value is -1.94. The fraction of sp³-hybridized carbons (Fsp3) is 0.231. The molecule has 0 saturated carbocycles. The normalized spacial score (nSPS) is 16.1. The van der Waals surface area contributed by atoms with E-state index in [1.807, 2.05) is 12.1 Å². The molecular weight excluding hydrogens is 216 g/mol. The number of carbonyl (C=O) groups excluding carboxylic acids is 2. The van der Waals surface area contributed by atoms with Crippen LogP contribution in [0, 0.1) is 0 Å². The number of hydrogen-bond acceptors (Lipinski definition) is 3. The minimum absolute atomic E-state index is 0.256. The summed E-state index contributed by atoms with van der Waals surface area (Å²) in [5, 5.41) is 0. The standard InChI is InChI=1S/C13H14N2O2/c1-8-9(2)13(17)15(12(8)16)11-6-4-3-5-10(11)7-14/h3-6H,7,14H2,1-2H3. The highest BCUT2D eigenvalue weighted by Gasteiger charge is 2.35. The Kier molecular flexibility index (Phi) is 2.81. The van der Waals surface area contributed by atoms with Gasteiger partial charge >= 0.3 is 0 Å². The highest BCUT2D eigenvalue weighted by Crippen LogP contribution is 2.28. The van der Waals surface area contributed by atoms with Crippen LogP contribution in [0.25, 0.3) is 0 Å². The van der Waals surface area contributed by atoms with Gasteiger partial charge in [-0.25, -0.2) is 4.90 Å². The highest BCUT2D eigenvalue weighted by molar-refractivity contribution is 6.32. The molecule has 0 aromatic heterocycles. The maximum Gasteiger partial charge on any atom is 0.261 e. The Morgan fingerprint density at radius 1 is 1.06 bits per heavy atom. The summed E-state index contributed by atoms with van der Waals surface area (Å²) in [5.74, 6) is -0.512. The molecule has 88 valence electrons. The topological polar surface area (TPSA) is 63.4 Å². The zero-order chi connectivity index (χ0) is 12.6. The first-order chi connectivity index (χ1) is 8.07. The van der Waals surface area contributed by atoms with E-state index in [0.29, 0.717) is 23.4 Å². The molecule has 0 fully saturated rings. The first kappa shape index (κ1) is 11.5. The smallest absolute Gasteiger partial charge is 0.261 e. The summed E-state index contributed by atoms with van der Waals surface area (Å²) in [4.78, 5) is 25.2.